The Balaban J connectivity index is 1.56. The fraction of sp³-hybridized carbons (Fsp3) is 0.182. The molecule has 2 aliphatic heterocycles. The van der Waals surface area contributed by atoms with E-state index in [1.54, 1.807) is 23.5 Å². The van der Waals surface area contributed by atoms with Crippen LogP contribution in [0.4, 0.5) is 0 Å². The molecular weight excluding hydrogens is 408 g/mol. The Kier molecular flexibility index (Phi) is 4.53. The molecule has 29 heavy (non-hydrogen) atoms. The third kappa shape index (κ3) is 3.18. The van der Waals surface area contributed by atoms with Crippen molar-refractivity contribution in [3.8, 4) is 5.75 Å². The molecule has 0 amide bonds. The highest BCUT2D eigenvalue weighted by Crippen LogP contribution is 2.48. The van der Waals surface area contributed by atoms with Gasteiger partial charge in [-0.1, -0.05) is 29.8 Å². The van der Waals surface area contributed by atoms with E-state index < -0.39 is 6.23 Å². The molecule has 0 aliphatic carbocycles. The van der Waals surface area contributed by atoms with Gasteiger partial charge in [-0.3, -0.25) is 0 Å². The normalized spacial score (nSPS) is 19.8. The van der Waals surface area contributed by atoms with E-state index in [0.29, 0.717) is 10.6 Å². The first-order chi connectivity index (χ1) is 14.1. The van der Waals surface area contributed by atoms with Crippen molar-refractivity contribution in [2.75, 3.05) is 7.11 Å². The van der Waals surface area contributed by atoms with Crippen molar-refractivity contribution in [1.82, 2.24) is 5.01 Å². The summed E-state index contributed by atoms with van der Waals surface area (Å²) in [4.78, 5) is 12.9. The number of halogens is 1. The predicted octanol–water partition coefficient (Wildman–Crippen LogP) is 5.43. The molecule has 0 saturated carbocycles. The van der Waals surface area contributed by atoms with Crippen molar-refractivity contribution in [2.45, 2.75) is 18.7 Å². The number of fused-ring (bicyclic) bond motifs is 3. The van der Waals surface area contributed by atoms with Crippen LogP contribution in [0, 0.1) is 0 Å². The molecule has 5 rings (SSSR count). The fourth-order valence-corrected chi connectivity index (χ4v) is 4.67. The van der Waals surface area contributed by atoms with Gasteiger partial charge in [0, 0.05) is 22.6 Å². The first-order valence-corrected chi connectivity index (χ1v) is 10.4. The number of hydrogen-bond acceptors (Lipinski definition) is 6. The van der Waals surface area contributed by atoms with Crippen LogP contribution in [0.2, 0.25) is 5.02 Å². The molecular formula is C22H17ClN2O3S. The zero-order chi connectivity index (χ0) is 20.0. The quantitative estimate of drug-likeness (QED) is 0.526. The third-order valence-electron chi connectivity index (χ3n) is 5.17. The molecule has 5 nitrogen and oxygen atoms in total. The summed E-state index contributed by atoms with van der Waals surface area (Å²) < 4.78 is 11.1. The van der Waals surface area contributed by atoms with Crippen molar-refractivity contribution >= 4 is 34.6 Å². The maximum atomic E-state index is 11.8. The number of methoxy groups -OCH3 is 1. The number of ether oxygens (including phenoxy) is 2. The monoisotopic (exact) mass is 424 g/mol. The highest BCUT2D eigenvalue weighted by Gasteiger charge is 2.41. The summed E-state index contributed by atoms with van der Waals surface area (Å²) in [6, 6.07) is 17.1. The SMILES string of the molecule is COC(=O)c1ccc([C@H]2Oc3ccc(Cl)cc3[C@@H]3CC(c4cccs4)=NN23)cc1. The highest BCUT2D eigenvalue weighted by atomic mass is 35.5. The van der Waals surface area contributed by atoms with Crippen LogP contribution < -0.4 is 4.74 Å². The molecule has 0 N–H and O–H groups in total. The van der Waals surface area contributed by atoms with E-state index in [-0.39, 0.29) is 12.0 Å². The Labute approximate surface area is 177 Å². The first-order valence-electron chi connectivity index (χ1n) is 9.18. The van der Waals surface area contributed by atoms with Crippen LogP contribution in [-0.2, 0) is 4.74 Å². The minimum absolute atomic E-state index is 0.0415. The van der Waals surface area contributed by atoms with Gasteiger partial charge in [0.15, 0.2) is 0 Å². The van der Waals surface area contributed by atoms with Gasteiger partial charge >= 0.3 is 5.97 Å². The molecule has 0 fully saturated rings. The molecule has 0 spiro atoms. The molecule has 3 heterocycles. The topological polar surface area (TPSA) is 51.1 Å². The molecule has 0 bridgehead atoms. The maximum Gasteiger partial charge on any atom is 0.337 e. The minimum Gasteiger partial charge on any atom is -0.465 e. The predicted molar refractivity (Wildman–Crippen MR) is 113 cm³/mol. The molecule has 2 aliphatic rings. The number of nitrogens with zero attached hydrogens (tertiary/aromatic N) is 2. The van der Waals surface area contributed by atoms with Gasteiger partial charge in [-0.15, -0.1) is 11.3 Å². The summed E-state index contributed by atoms with van der Waals surface area (Å²) in [5, 5.41) is 9.65. The van der Waals surface area contributed by atoms with Crippen LogP contribution >= 0.6 is 22.9 Å². The van der Waals surface area contributed by atoms with Crippen molar-refractivity contribution < 1.29 is 14.3 Å². The van der Waals surface area contributed by atoms with Crippen molar-refractivity contribution in [3.63, 3.8) is 0 Å². The largest absolute Gasteiger partial charge is 0.465 e. The second-order valence-electron chi connectivity index (χ2n) is 6.89. The second kappa shape index (κ2) is 7.21. The summed E-state index contributed by atoms with van der Waals surface area (Å²) in [6.07, 6.45) is 0.395. The van der Waals surface area contributed by atoms with Gasteiger partial charge in [0.2, 0.25) is 6.23 Å². The summed E-state index contributed by atoms with van der Waals surface area (Å²) in [6.45, 7) is 0. The Morgan fingerprint density at radius 1 is 1.24 bits per heavy atom. The molecule has 2 aromatic carbocycles. The van der Waals surface area contributed by atoms with Crippen molar-refractivity contribution in [1.29, 1.82) is 0 Å². The van der Waals surface area contributed by atoms with E-state index in [2.05, 4.69) is 11.4 Å². The Morgan fingerprint density at radius 2 is 2.07 bits per heavy atom. The number of thiophene rings is 1. The van der Waals surface area contributed by atoms with Crippen LogP contribution in [0.15, 0.2) is 65.1 Å². The lowest BCUT2D eigenvalue weighted by atomic mass is 9.97. The Hall–Kier alpha value is -2.83. The number of hydrazone groups is 1. The van der Waals surface area contributed by atoms with Gasteiger partial charge in [-0.25, -0.2) is 9.80 Å². The lowest BCUT2D eigenvalue weighted by molar-refractivity contribution is -0.0190. The van der Waals surface area contributed by atoms with E-state index in [1.807, 2.05) is 41.4 Å². The van der Waals surface area contributed by atoms with Crippen molar-refractivity contribution in [3.05, 3.63) is 86.6 Å². The van der Waals surface area contributed by atoms with E-state index in [0.717, 1.165) is 33.9 Å². The summed E-state index contributed by atoms with van der Waals surface area (Å²) in [5.74, 6) is 0.443. The number of carbonyl (C=O) groups is 1. The number of esters is 1. The van der Waals surface area contributed by atoms with Gasteiger partial charge in [0.1, 0.15) is 5.75 Å². The molecule has 0 unspecified atom stereocenters. The van der Waals surface area contributed by atoms with E-state index in [1.165, 1.54) is 7.11 Å². The number of rotatable bonds is 3. The molecule has 0 radical (unpaired) electrons. The van der Waals surface area contributed by atoms with Crippen LogP contribution in [-0.4, -0.2) is 23.8 Å². The standard InChI is InChI=1S/C22H17ClN2O3S/c1-27-22(26)14-6-4-13(5-7-14)21-25-18(12-17(24-25)20-3-2-10-29-20)16-11-15(23)8-9-19(16)28-21/h2-11,18,21H,12H2,1H3/t18-,21+/m0/s1. The molecule has 7 heteroatoms. The fourth-order valence-electron chi connectivity index (χ4n) is 3.77. The van der Waals surface area contributed by atoms with Crippen LogP contribution in [0.1, 0.15) is 45.1 Å². The summed E-state index contributed by atoms with van der Waals surface area (Å²) in [5.41, 5.74) is 3.49. The van der Waals surface area contributed by atoms with E-state index in [9.17, 15) is 4.79 Å². The maximum absolute atomic E-state index is 11.8. The van der Waals surface area contributed by atoms with E-state index >= 15 is 0 Å². The first kappa shape index (κ1) is 18.2. The average molecular weight is 425 g/mol. The number of hydrogen-bond donors (Lipinski definition) is 0. The van der Waals surface area contributed by atoms with Gasteiger partial charge < -0.3 is 9.47 Å². The Bertz CT molecular complexity index is 1100. The zero-order valence-electron chi connectivity index (χ0n) is 15.5. The minimum atomic E-state index is -0.391. The number of carbonyl (C=O) groups excluding carboxylic acids is 1. The van der Waals surface area contributed by atoms with E-state index in [4.69, 9.17) is 26.2 Å². The van der Waals surface area contributed by atoms with Gasteiger partial charge in [0.05, 0.1) is 29.3 Å². The lowest BCUT2D eigenvalue weighted by Gasteiger charge is -2.38. The Morgan fingerprint density at radius 3 is 2.79 bits per heavy atom. The molecule has 2 atom stereocenters. The van der Waals surface area contributed by atoms with Crippen LogP contribution in [0.25, 0.3) is 0 Å². The number of benzene rings is 2. The van der Waals surface area contributed by atoms with Crippen LogP contribution in [0.3, 0.4) is 0 Å². The van der Waals surface area contributed by atoms with Crippen molar-refractivity contribution in [2.24, 2.45) is 5.10 Å². The summed E-state index contributed by atoms with van der Waals surface area (Å²) in [7, 11) is 1.37. The second-order valence-corrected chi connectivity index (χ2v) is 8.27. The molecule has 3 aromatic rings. The zero-order valence-corrected chi connectivity index (χ0v) is 17.1. The third-order valence-corrected chi connectivity index (χ3v) is 6.33. The smallest absolute Gasteiger partial charge is 0.337 e. The summed E-state index contributed by atoms with van der Waals surface area (Å²) >= 11 is 7.94. The average Bonchev–Trinajstić information content (AvgIpc) is 3.43. The molecule has 1 aromatic heterocycles. The lowest BCUT2D eigenvalue weighted by Crippen LogP contribution is -2.33. The molecule has 0 saturated heterocycles. The van der Waals surface area contributed by atoms with Crippen LogP contribution in [0.5, 0.6) is 5.75 Å². The highest BCUT2D eigenvalue weighted by molar-refractivity contribution is 7.12. The molecule has 146 valence electrons. The van der Waals surface area contributed by atoms with Gasteiger partial charge in [-0.2, -0.15) is 5.10 Å². The van der Waals surface area contributed by atoms with Gasteiger partial charge in [-0.05, 0) is 41.8 Å². The van der Waals surface area contributed by atoms with Gasteiger partial charge in [0.25, 0.3) is 0 Å².